The second-order valence-electron chi connectivity index (χ2n) is 5.28. The van der Waals surface area contributed by atoms with Gasteiger partial charge in [-0.1, -0.05) is 0 Å². The van der Waals surface area contributed by atoms with Gasteiger partial charge >= 0.3 is 0 Å². The van der Waals surface area contributed by atoms with Gasteiger partial charge in [0.1, 0.15) is 12.1 Å². The third-order valence-corrected chi connectivity index (χ3v) is 4.42. The van der Waals surface area contributed by atoms with Gasteiger partial charge in [0.2, 0.25) is 0 Å². The fourth-order valence-corrected chi connectivity index (χ4v) is 3.14. The van der Waals surface area contributed by atoms with Crippen LogP contribution in [0.2, 0.25) is 0 Å². The van der Waals surface area contributed by atoms with Gasteiger partial charge in [0, 0.05) is 41.5 Å². The number of nitrogens with zero attached hydrogens (tertiary/aromatic N) is 3. The molecule has 0 atom stereocenters. The average molecular weight is 340 g/mol. The number of rotatable bonds is 7. The number of thiophene rings is 1. The van der Waals surface area contributed by atoms with E-state index < -0.39 is 0 Å². The highest BCUT2D eigenvalue weighted by atomic mass is 32.1. The molecule has 1 aromatic carbocycles. The Morgan fingerprint density at radius 2 is 2.00 bits per heavy atom. The molecular weight excluding hydrogens is 320 g/mol. The second-order valence-corrected chi connectivity index (χ2v) is 6.06. The molecule has 2 N–H and O–H groups in total. The molecule has 0 bridgehead atoms. The van der Waals surface area contributed by atoms with Crippen LogP contribution >= 0.6 is 11.3 Å². The van der Waals surface area contributed by atoms with E-state index in [4.69, 9.17) is 5.11 Å². The maximum absolute atomic E-state index is 9.12. The van der Waals surface area contributed by atoms with Crippen LogP contribution in [-0.4, -0.2) is 34.8 Å². The number of likely N-dealkylation sites (N-methyl/N-ethyl adjacent to an activating group) is 1. The largest absolute Gasteiger partial charge is 0.395 e. The smallest absolute Gasteiger partial charge is 0.134 e. The van der Waals surface area contributed by atoms with Gasteiger partial charge in [0.15, 0.2) is 0 Å². The molecule has 0 fully saturated rings. The predicted octanol–water partition coefficient (Wildman–Crippen LogP) is 3.77. The highest BCUT2D eigenvalue weighted by Gasteiger charge is 2.05. The van der Waals surface area contributed by atoms with E-state index in [1.807, 2.05) is 41.8 Å². The SMILES string of the molecule is CCN(CCO)c1ccc(Nc2cc(-c3ccsc3)ncn2)cc1. The molecule has 0 aliphatic heterocycles. The van der Waals surface area contributed by atoms with Crippen molar-refractivity contribution in [3.63, 3.8) is 0 Å². The molecule has 6 heteroatoms. The van der Waals surface area contributed by atoms with Crippen molar-refractivity contribution in [3.8, 4) is 11.3 Å². The molecule has 0 aliphatic rings. The topological polar surface area (TPSA) is 61.3 Å². The number of aromatic nitrogens is 2. The quantitative estimate of drug-likeness (QED) is 0.685. The molecule has 0 saturated carbocycles. The van der Waals surface area contributed by atoms with E-state index in [-0.39, 0.29) is 6.61 Å². The maximum atomic E-state index is 9.12. The lowest BCUT2D eigenvalue weighted by Crippen LogP contribution is -2.25. The van der Waals surface area contributed by atoms with E-state index >= 15 is 0 Å². The summed E-state index contributed by atoms with van der Waals surface area (Å²) in [5.41, 5.74) is 4.07. The number of anilines is 3. The highest BCUT2D eigenvalue weighted by Crippen LogP contribution is 2.24. The number of nitrogens with one attached hydrogen (secondary N) is 1. The molecule has 124 valence electrons. The van der Waals surface area contributed by atoms with Crippen molar-refractivity contribution >= 4 is 28.5 Å². The first-order valence-corrected chi connectivity index (χ1v) is 8.82. The van der Waals surface area contributed by atoms with Crippen molar-refractivity contribution in [2.24, 2.45) is 0 Å². The second kappa shape index (κ2) is 7.90. The first-order chi connectivity index (χ1) is 11.8. The fourth-order valence-electron chi connectivity index (χ4n) is 2.49. The van der Waals surface area contributed by atoms with E-state index in [2.05, 4.69) is 32.5 Å². The molecule has 2 aromatic heterocycles. The van der Waals surface area contributed by atoms with Gasteiger partial charge < -0.3 is 15.3 Å². The Balaban J connectivity index is 1.73. The number of aliphatic hydroxyl groups excluding tert-OH is 1. The summed E-state index contributed by atoms with van der Waals surface area (Å²) in [6.45, 7) is 3.73. The van der Waals surface area contributed by atoms with Crippen LogP contribution in [-0.2, 0) is 0 Å². The summed E-state index contributed by atoms with van der Waals surface area (Å²) in [6.07, 6.45) is 1.57. The lowest BCUT2D eigenvalue weighted by Gasteiger charge is -2.22. The van der Waals surface area contributed by atoms with Crippen LogP contribution in [0.4, 0.5) is 17.2 Å². The molecule has 5 nitrogen and oxygen atoms in total. The van der Waals surface area contributed by atoms with Crippen LogP contribution in [0.3, 0.4) is 0 Å². The standard InChI is InChI=1S/C18H20N4OS/c1-2-22(8-9-23)16-5-3-15(4-6-16)21-18-11-17(19-13-20-18)14-7-10-24-12-14/h3-7,10-13,23H,2,8-9H2,1H3,(H,19,20,21). The minimum atomic E-state index is 0.153. The van der Waals surface area contributed by atoms with Crippen molar-refractivity contribution in [1.82, 2.24) is 9.97 Å². The van der Waals surface area contributed by atoms with E-state index in [1.54, 1.807) is 17.7 Å². The molecule has 3 rings (SSSR count). The minimum Gasteiger partial charge on any atom is -0.395 e. The Kier molecular flexibility index (Phi) is 5.40. The van der Waals surface area contributed by atoms with E-state index in [1.165, 1.54) is 0 Å². The van der Waals surface area contributed by atoms with Gasteiger partial charge in [-0.25, -0.2) is 9.97 Å². The van der Waals surface area contributed by atoms with Gasteiger partial charge in [-0.2, -0.15) is 11.3 Å². The van der Waals surface area contributed by atoms with E-state index in [9.17, 15) is 0 Å². The van der Waals surface area contributed by atoms with Gasteiger partial charge in [-0.15, -0.1) is 0 Å². The number of aliphatic hydroxyl groups is 1. The summed E-state index contributed by atoms with van der Waals surface area (Å²) in [7, 11) is 0. The monoisotopic (exact) mass is 340 g/mol. The zero-order valence-electron chi connectivity index (χ0n) is 13.5. The van der Waals surface area contributed by atoms with Crippen LogP contribution in [0.15, 0.2) is 53.5 Å². The fraction of sp³-hybridized carbons (Fsp3) is 0.222. The van der Waals surface area contributed by atoms with Crippen molar-refractivity contribution in [2.45, 2.75) is 6.92 Å². The molecule has 24 heavy (non-hydrogen) atoms. The summed E-state index contributed by atoms with van der Waals surface area (Å²) in [4.78, 5) is 10.7. The van der Waals surface area contributed by atoms with Crippen LogP contribution in [0.25, 0.3) is 11.3 Å². The maximum Gasteiger partial charge on any atom is 0.134 e. The Morgan fingerprint density at radius 1 is 1.17 bits per heavy atom. The number of hydrogen-bond donors (Lipinski definition) is 2. The number of hydrogen-bond acceptors (Lipinski definition) is 6. The third kappa shape index (κ3) is 3.90. The van der Waals surface area contributed by atoms with Crippen LogP contribution in [0.1, 0.15) is 6.92 Å². The summed E-state index contributed by atoms with van der Waals surface area (Å²) in [5.74, 6) is 0.765. The molecule has 0 saturated heterocycles. The van der Waals surface area contributed by atoms with Crippen molar-refractivity contribution in [3.05, 3.63) is 53.5 Å². The van der Waals surface area contributed by atoms with E-state index in [0.717, 1.165) is 35.0 Å². The van der Waals surface area contributed by atoms with Gasteiger partial charge in [-0.05, 0) is 42.6 Å². The van der Waals surface area contributed by atoms with Gasteiger partial charge in [0.05, 0.1) is 12.3 Å². The molecule has 0 radical (unpaired) electrons. The average Bonchev–Trinajstić information content (AvgIpc) is 3.15. The highest BCUT2D eigenvalue weighted by molar-refractivity contribution is 7.08. The van der Waals surface area contributed by atoms with Crippen molar-refractivity contribution in [2.75, 3.05) is 29.9 Å². The van der Waals surface area contributed by atoms with Gasteiger partial charge in [-0.3, -0.25) is 0 Å². The van der Waals surface area contributed by atoms with Crippen LogP contribution in [0.5, 0.6) is 0 Å². The Morgan fingerprint density at radius 3 is 2.67 bits per heavy atom. The first-order valence-electron chi connectivity index (χ1n) is 7.87. The van der Waals surface area contributed by atoms with Crippen LogP contribution < -0.4 is 10.2 Å². The van der Waals surface area contributed by atoms with E-state index in [0.29, 0.717) is 6.54 Å². The van der Waals surface area contributed by atoms with Gasteiger partial charge in [0.25, 0.3) is 0 Å². The lowest BCUT2D eigenvalue weighted by atomic mass is 10.2. The normalized spacial score (nSPS) is 10.6. The molecule has 0 aliphatic carbocycles. The Hall–Kier alpha value is -2.44. The summed E-state index contributed by atoms with van der Waals surface area (Å²) >= 11 is 1.65. The molecule has 0 amide bonds. The lowest BCUT2D eigenvalue weighted by molar-refractivity contribution is 0.302. The Labute approximate surface area is 145 Å². The summed E-state index contributed by atoms with van der Waals surface area (Å²) < 4.78 is 0. The summed E-state index contributed by atoms with van der Waals surface area (Å²) in [5, 5.41) is 16.5. The number of benzene rings is 1. The molecule has 0 unspecified atom stereocenters. The molecule has 3 aromatic rings. The zero-order chi connectivity index (χ0) is 16.8. The molecule has 0 spiro atoms. The molecule has 2 heterocycles. The predicted molar refractivity (Wildman–Crippen MR) is 100 cm³/mol. The third-order valence-electron chi connectivity index (χ3n) is 3.74. The van der Waals surface area contributed by atoms with Crippen molar-refractivity contribution < 1.29 is 5.11 Å². The zero-order valence-corrected chi connectivity index (χ0v) is 14.3. The van der Waals surface area contributed by atoms with Crippen LogP contribution in [0, 0.1) is 0 Å². The summed E-state index contributed by atoms with van der Waals surface area (Å²) in [6, 6.07) is 12.1. The molecular formula is C18H20N4OS. The minimum absolute atomic E-state index is 0.153. The Bertz CT molecular complexity index is 759. The first kappa shape index (κ1) is 16.4. The van der Waals surface area contributed by atoms with Crippen molar-refractivity contribution in [1.29, 1.82) is 0 Å².